The zero-order valence-electron chi connectivity index (χ0n) is 34.4. The Balaban J connectivity index is 4.49. The highest BCUT2D eigenvalue weighted by molar-refractivity contribution is 7.47. The van der Waals surface area contributed by atoms with Gasteiger partial charge in [-0.05, 0) is 77.0 Å². The van der Waals surface area contributed by atoms with Crippen molar-refractivity contribution in [3.8, 4) is 0 Å². The van der Waals surface area contributed by atoms with Crippen molar-refractivity contribution >= 4 is 19.8 Å². The Morgan fingerprint density at radius 1 is 0.643 bits per heavy atom. The zero-order chi connectivity index (χ0) is 41.2. The summed E-state index contributed by atoms with van der Waals surface area (Å²) < 4.78 is 32.5. The van der Waals surface area contributed by atoms with Crippen molar-refractivity contribution in [1.29, 1.82) is 0 Å². The van der Waals surface area contributed by atoms with Gasteiger partial charge in [0.05, 0.1) is 19.3 Å². The summed E-state index contributed by atoms with van der Waals surface area (Å²) in [6.07, 6.45) is 47.6. The third kappa shape index (κ3) is 39.1. The van der Waals surface area contributed by atoms with Gasteiger partial charge in [0.25, 0.3) is 0 Å². The lowest BCUT2D eigenvalue weighted by atomic mass is 10.1. The van der Waals surface area contributed by atoms with Gasteiger partial charge in [-0.1, -0.05) is 143 Å². The van der Waals surface area contributed by atoms with Gasteiger partial charge in [0, 0.05) is 19.4 Å². The highest BCUT2D eigenvalue weighted by atomic mass is 31.2. The number of esters is 2. The van der Waals surface area contributed by atoms with Crippen molar-refractivity contribution in [2.75, 3.05) is 26.4 Å². The van der Waals surface area contributed by atoms with Gasteiger partial charge in [-0.25, -0.2) is 4.57 Å². The Morgan fingerprint density at radius 3 is 1.82 bits per heavy atom. The lowest BCUT2D eigenvalue weighted by Crippen LogP contribution is -2.29. The minimum atomic E-state index is -4.45. The van der Waals surface area contributed by atoms with Crippen LogP contribution in [0.15, 0.2) is 97.2 Å². The Hall–Kier alpha value is -3.11. The SMILES string of the molecule is CC/C=C\C/C=C\C/C=C\C/C=C\C=C\C(O)CCCC(=O)O[C@H](COC(=O)CCC/C=C\C/C=C\C/C=C\CCCCCCCC)COP(=O)(O)OCCN. The molecule has 0 bridgehead atoms. The van der Waals surface area contributed by atoms with E-state index in [1.807, 2.05) is 18.2 Å². The number of aliphatic hydroxyl groups is 1. The monoisotopic (exact) mass is 804 g/mol. The summed E-state index contributed by atoms with van der Waals surface area (Å²) >= 11 is 0. The molecule has 0 saturated carbocycles. The fourth-order valence-electron chi connectivity index (χ4n) is 4.97. The van der Waals surface area contributed by atoms with Crippen LogP contribution in [-0.4, -0.2) is 60.5 Å². The second kappa shape index (κ2) is 40.1. The molecule has 0 aliphatic carbocycles. The van der Waals surface area contributed by atoms with Gasteiger partial charge >= 0.3 is 19.8 Å². The number of allylic oxidation sites excluding steroid dienone is 15. The van der Waals surface area contributed by atoms with E-state index in [9.17, 15) is 24.2 Å². The van der Waals surface area contributed by atoms with Crippen LogP contribution in [0.25, 0.3) is 0 Å². The molecule has 0 spiro atoms. The largest absolute Gasteiger partial charge is 0.472 e. The molecule has 0 heterocycles. The molecule has 0 aromatic heterocycles. The van der Waals surface area contributed by atoms with Gasteiger partial charge in [-0.3, -0.25) is 18.6 Å². The topological polar surface area (TPSA) is 155 Å². The number of hydrogen-bond donors (Lipinski definition) is 3. The molecule has 0 radical (unpaired) electrons. The standard InChI is InChI=1S/C45H74NO9P/c1-3-5-7-9-11-13-15-17-18-19-20-22-24-26-28-30-32-36-44(48)52-40-43(41-54-56(50,51)53-39-38-46)55-45(49)37-33-35-42(47)34-31-29-27-25-23-21-16-14-12-10-8-6-4-2/h6,8,12,14,17-18,20-23,26-29,31,34,42-43,47H,3-5,7,9-11,13,15-16,19,24-25,30,32-33,35-41,46H2,1-2H3,(H,50,51)/b8-6-,14-12-,18-17-,22-20-,23-21-,28-26-,29-27-,34-31+/t42?,43-/m1/s1. The van der Waals surface area contributed by atoms with E-state index in [0.717, 1.165) is 44.9 Å². The Labute approximate surface area is 339 Å². The molecule has 318 valence electrons. The van der Waals surface area contributed by atoms with Crippen LogP contribution in [0, 0.1) is 0 Å². The quantitative estimate of drug-likeness (QED) is 0.0182. The molecule has 0 rings (SSSR count). The molecule has 0 saturated heterocycles. The molecule has 0 aromatic carbocycles. The van der Waals surface area contributed by atoms with Crippen molar-refractivity contribution in [1.82, 2.24) is 0 Å². The fraction of sp³-hybridized carbons (Fsp3) is 0.600. The van der Waals surface area contributed by atoms with Gasteiger partial charge in [0.2, 0.25) is 0 Å². The Morgan fingerprint density at radius 2 is 1.20 bits per heavy atom. The number of nitrogens with two attached hydrogens (primary N) is 1. The summed E-state index contributed by atoms with van der Waals surface area (Å²) in [7, 11) is -4.45. The third-order valence-corrected chi connectivity index (χ3v) is 9.04. The summed E-state index contributed by atoms with van der Waals surface area (Å²) in [6.45, 7) is 3.29. The first-order valence-corrected chi connectivity index (χ1v) is 22.3. The maximum Gasteiger partial charge on any atom is 0.472 e. The second-order valence-corrected chi connectivity index (χ2v) is 14.8. The predicted molar refractivity (Wildman–Crippen MR) is 230 cm³/mol. The minimum Gasteiger partial charge on any atom is -0.462 e. The normalized spacial score (nSPS) is 14.9. The maximum absolute atomic E-state index is 12.6. The summed E-state index contributed by atoms with van der Waals surface area (Å²) in [6, 6.07) is 0. The predicted octanol–water partition coefficient (Wildman–Crippen LogP) is 10.8. The highest BCUT2D eigenvalue weighted by Crippen LogP contribution is 2.43. The highest BCUT2D eigenvalue weighted by Gasteiger charge is 2.26. The van der Waals surface area contributed by atoms with E-state index >= 15 is 0 Å². The molecule has 3 atom stereocenters. The molecule has 0 fully saturated rings. The van der Waals surface area contributed by atoms with Crippen molar-refractivity contribution < 1.29 is 42.7 Å². The first kappa shape index (κ1) is 52.9. The molecule has 2 unspecified atom stereocenters. The molecule has 0 aromatic rings. The number of ether oxygens (including phenoxy) is 2. The lowest BCUT2D eigenvalue weighted by molar-refractivity contribution is -0.161. The van der Waals surface area contributed by atoms with E-state index in [1.165, 1.54) is 38.5 Å². The van der Waals surface area contributed by atoms with E-state index < -0.39 is 38.6 Å². The number of phosphoric acid groups is 1. The number of unbranched alkanes of at least 4 members (excludes halogenated alkanes) is 7. The number of phosphoric ester groups is 1. The minimum absolute atomic E-state index is 0.0112. The molecule has 10 nitrogen and oxygen atoms in total. The van der Waals surface area contributed by atoms with Gasteiger partial charge in [0.1, 0.15) is 6.61 Å². The Bertz CT molecular complexity index is 1250. The molecule has 0 aliphatic heterocycles. The van der Waals surface area contributed by atoms with Crippen LogP contribution in [0.1, 0.15) is 136 Å². The van der Waals surface area contributed by atoms with Crippen molar-refractivity contribution in [3.63, 3.8) is 0 Å². The molecule has 0 aliphatic rings. The third-order valence-electron chi connectivity index (χ3n) is 8.06. The maximum atomic E-state index is 12.6. The van der Waals surface area contributed by atoms with Crippen LogP contribution < -0.4 is 5.73 Å². The number of aliphatic hydroxyl groups excluding tert-OH is 1. The first-order valence-electron chi connectivity index (χ1n) is 20.8. The average molecular weight is 804 g/mol. The smallest absolute Gasteiger partial charge is 0.462 e. The number of hydrogen-bond acceptors (Lipinski definition) is 9. The zero-order valence-corrected chi connectivity index (χ0v) is 35.3. The molecule has 56 heavy (non-hydrogen) atoms. The van der Waals surface area contributed by atoms with Crippen molar-refractivity contribution in [2.24, 2.45) is 5.73 Å². The summed E-state index contributed by atoms with van der Waals surface area (Å²) in [5.41, 5.74) is 5.33. The molecule has 0 amide bonds. The van der Waals surface area contributed by atoms with Crippen molar-refractivity contribution in [2.45, 2.75) is 148 Å². The van der Waals surface area contributed by atoms with Gasteiger partial charge < -0.3 is 25.2 Å². The first-order chi connectivity index (χ1) is 27.2. The Kier molecular flexibility index (Phi) is 37.9. The second-order valence-electron chi connectivity index (χ2n) is 13.3. The lowest BCUT2D eigenvalue weighted by Gasteiger charge is -2.20. The van der Waals surface area contributed by atoms with Gasteiger partial charge in [0.15, 0.2) is 6.10 Å². The van der Waals surface area contributed by atoms with Crippen molar-refractivity contribution in [3.05, 3.63) is 97.2 Å². The molecular weight excluding hydrogens is 729 g/mol. The van der Waals surface area contributed by atoms with E-state index in [2.05, 4.69) is 80.7 Å². The van der Waals surface area contributed by atoms with E-state index in [4.69, 9.17) is 24.3 Å². The summed E-state index contributed by atoms with van der Waals surface area (Å²) in [4.78, 5) is 34.8. The van der Waals surface area contributed by atoms with E-state index in [0.29, 0.717) is 25.7 Å². The molecule has 4 N–H and O–H groups in total. The fourth-order valence-corrected chi connectivity index (χ4v) is 5.74. The molecular formula is C45H74NO9P. The average Bonchev–Trinajstić information content (AvgIpc) is 3.18. The van der Waals surface area contributed by atoms with Crippen LogP contribution in [0.2, 0.25) is 0 Å². The van der Waals surface area contributed by atoms with Crippen LogP contribution in [0.5, 0.6) is 0 Å². The van der Waals surface area contributed by atoms with Crippen LogP contribution in [-0.2, 0) is 32.7 Å². The number of rotatable bonds is 37. The van der Waals surface area contributed by atoms with Gasteiger partial charge in [-0.2, -0.15) is 0 Å². The van der Waals surface area contributed by atoms with E-state index in [-0.39, 0.29) is 32.6 Å². The molecule has 11 heteroatoms. The number of carbonyl (C=O) groups is 2. The van der Waals surface area contributed by atoms with Gasteiger partial charge in [-0.15, -0.1) is 0 Å². The number of carbonyl (C=O) groups excluding carboxylic acids is 2. The van der Waals surface area contributed by atoms with Crippen LogP contribution in [0.3, 0.4) is 0 Å². The summed E-state index contributed by atoms with van der Waals surface area (Å²) in [5, 5.41) is 10.3. The van der Waals surface area contributed by atoms with Crippen LogP contribution in [0.4, 0.5) is 0 Å². The van der Waals surface area contributed by atoms with Crippen LogP contribution >= 0.6 is 7.82 Å². The summed E-state index contributed by atoms with van der Waals surface area (Å²) in [5.74, 6) is -1.11. The van der Waals surface area contributed by atoms with E-state index in [1.54, 1.807) is 12.2 Å².